The van der Waals surface area contributed by atoms with Crippen molar-refractivity contribution in [1.29, 1.82) is 0 Å². The third-order valence-electron chi connectivity index (χ3n) is 6.18. The maximum atomic E-state index is 13.2. The second kappa shape index (κ2) is 8.38. The number of nitrogens with zero attached hydrogens (tertiary/aromatic N) is 2. The van der Waals surface area contributed by atoms with Gasteiger partial charge in [0.05, 0.1) is 17.5 Å². The molecule has 3 unspecified atom stereocenters. The zero-order valence-electron chi connectivity index (χ0n) is 17.1. The summed E-state index contributed by atoms with van der Waals surface area (Å²) in [6.07, 6.45) is 11.0. The van der Waals surface area contributed by atoms with Crippen LogP contribution in [0.15, 0.2) is 12.2 Å². The van der Waals surface area contributed by atoms with Crippen molar-refractivity contribution in [2.45, 2.75) is 71.3 Å². The molecule has 7 heteroatoms. The predicted molar refractivity (Wildman–Crippen MR) is 112 cm³/mol. The highest BCUT2D eigenvalue weighted by Crippen LogP contribution is 2.37. The molecule has 1 saturated heterocycles. The lowest BCUT2D eigenvalue weighted by molar-refractivity contribution is -0.147. The molecule has 29 heavy (non-hydrogen) atoms. The zero-order chi connectivity index (χ0) is 20.5. The fourth-order valence-electron chi connectivity index (χ4n) is 4.68. The summed E-state index contributed by atoms with van der Waals surface area (Å²) in [5.74, 6) is -1.13. The van der Waals surface area contributed by atoms with Gasteiger partial charge < -0.3 is 5.32 Å². The van der Waals surface area contributed by atoms with Crippen molar-refractivity contribution >= 4 is 34.2 Å². The van der Waals surface area contributed by atoms with Crippen LogP contribution in [0.5, 0.6) is 0 Å². The Kier molecular flexibility index (Phi) is 5.86. The van der Waals surface area contributed by atoms with Crippen LogP contribution in [0, 0.1) is 17.8 Å². The number of carbonyl (C=O) groups is 3. The van der Waals surface area contributed by atoms with Crippen LogP contribution in [0.3, 0.4) is 0 Å². The first-order valence-corrected chi connectivity index (χ1v) is 11.6. The van der Waals surface area contributed by atoms with Gasteiger partial charge in [0.25, 0.3) is 0 Å². The van der Waals surface area contributed by atoms with Crippen molar-refractivity contribution in [3.8, 4) is 0 Å². The van der Waals surface area contributed by atoms with Crippen LogP contribution < -0.4 is 5.32 Å². The largest absolute Gasteiger partial charge is 0.300 e. The number of aryl methyl sites for hydroxylation is 2. The molecule has 0 bridgehead atoms. The SMILES string of the molecule is CC(C)CC(C(=O)Nc1nc2c(s1)CCCCC2)N1C(=O)C2CC=CCC2C1=O. The molecule has 6 nitrogen and oxygen atoms in total. The van der Waals surface area contributed by atoms with Crippen LogP contribution in [0.1, 0.15) is 62.9 Å². The number of amides is 3. The number of anilines is 1. The third kappa shape index (κ3) is 4.02. The highest BCUT2D eigenvalue weighted by molar-refractivity contribution is 7.15. The number of fused-ring (bicyclic) bond motifs is 2. The Morgan fingerprint density at radius 1 is 1.14 bits per heavy atom. The molecule has 0 spiro atoms. The van der Waals surface area contributed by atoms with Gasteiger partial charge in [0, 0.05) is 4.88 Å². The second-order valence-electron chi connectivity index (χ2n) is 8.79. The number of imide groups is 1. The van der Waals surface area contributed by atoms with Crippen molar-refractivity contribution < 1.29 is 14.4 Å². The molecule has 0 radical (unpaired) electrons. The van der Waals surface area contributed by atoms with Gasteiger partial charge in [0.1, 0.15) is 6.04 Å². The minimum absolute atomic E-state index is 0.181. The van der Waals surface area contributed by atoms with E-state index in [1.807, 2.05) is 26.0 Å². The lowest BCUT2D eigenvalue weighted by atomic mass is 9.85. The smallest absolute Gasteiger partial charge is 0.249 e. The molecule has 1 N–H and O–H groups in total. The van der Waals surface area contributed by atoms with Gasteiger partial charge >= 0.3 is 0 Å². The summed E-state index contributed by atoms with van der Waals surface area (Å²) >= 11 is 1.54. The summed E-state index contributed by atoms with van der Waals surface area (Å²) in [7, 11) is 0. The predicted octanol–water partition coefficient (Wildman–Crippen LogP) is 3.72. The Hall–Kier alpha value is -2.02. The molecule has 4 rings (SSSR count). The Bertz CT molecular complexity index is 795. The highest BCUT2D eigenvalue weighted by atomic mass is 32.1. The van der Waals surface area contributed by atoms with E-state index in [1.165, 1.54) is 27.5 Å². The van der Waals surface area contributed by atoms with Crippen LogP contribution in [0.25, 0.3) is 0 Å². The maximum Gasteiger partial charge on any atom is 0.249 e. The molecule has 1 aromatic heterocycles. The maximum absolute atomic E-state index is 13.2. The lowest BCUT2D eigenvalue weighted by Gasteiger charge is -2.27. The molecule has 3 atom stereocenters. The number of rotatable bonds is 5. The minimum Gasteiger partial charge on any atom is -0.300 e. The fourth-order valence-corrected chi connectivity index (χ4v) is 5.73. The topological polar surface area (TPSA) is 79.4 Å². The number of hydrogen-bond acceptors (Lipinski definition) is 5. The van der Waals surface area contributed by atoms with Crippen molar-refractivity contribution in [3.63, 3.8) is 0 Å². The first-order valence-electron chi connectivity index (χ1n) is 10.8. The standard InChI is InChI=1S/C22H29N3O3S/c1-13(2)12-17(25-20(27)14-8-6-7-9-15(14)21(25)28)19(26)24-22-23-16-10-4-3-5-11-18(16)29-22/h6-7,13-15,17H,3-5,8-12H2,1-2H3,(H,23,24,26). The molecule has 1 aromatic rings. The van der Waals surface area contributed by atoms with E-state index in [9.17, 15) is 14.4 Å². The van der Waals surface area contributed by atoms with E-state index in [1.54, 1.807) is 0 Å². The molecular weight excluding hydrogens is 386 g/mol. The normalized spacial score (nSPS) is 25.0. The van der Waals surface area contributed by atoms with E-state index < -0.39 is 6.04 Å². The molecule has 0 aromatic carbocycles. The molecule has 0 saturated carbocycles. The number of likely N-dealkylation sites (tertiary alicyclic amines) is 1. The number of aromatic nitrogens is 1. The zero-order valence-corrected chi connectivity index (χ0v) is 18.0. The average molecular weight is 416 g/mol. The van der Waals surface area contributed by atoms with Crippen molar-refractivity contribution in [3.05, 3.63) is 22.7 Å². The Morgan fingerprint density at radius 2 is 1.79 bits per heavy atom. The molecule has 2 heterocycles. The van der Waals surface area contributed by atoms with E-state index in [0.717, 1.165) is 31.4 Å². The molecule has 3 aliphatic rings. The summed E-state index contributed by atoms with van der Waals surface area (Å²) in [6, 6.07) is -0.774. The number of nitrogens with one attached hydrogen (secondary N) is 1. The summed E-state index contributed by atoms with van der Waals surface area (Å²) in [4.78, 5) is 46.4. The van der Waals surface area contributed by atoms with Gasteiger partial charge in [-0.25, -0.2) is 4.98 Å². The first-order chi connectivity index (χ1) is 14.0. The van der Waals surface area contributed by atoms with E-state index in [2.05, 4.69) is 10.3 Å². The van der Waals surface area contributed by atoms with Crippen molar-refractivity contribution in [1.82, 2.24) is 9.88 Å². The first kappa shape index (κ1) is 20.3. The Morgan fingerprint density at radius 3 is 2.45 bits per heavy atom. The van der Waals surface area contributed by atoms with Crippen LogP contribution >= 0.6 is 11.3 Å². The number of allylic oxidation sites excluding steroid dienone is 2. The van der Waals surface area contributed by atoms with Crippen LogP contribution in [-0.4, -0.2) is 33.6 Å². The number of thiazole rings is 1. The Balaban J connectivity index is 1.54. The van der Waals surface area contributed by atoms with Crippen molar-refractivity contribution in [2.75, 3.05) is 5.32 Å². The summed E-state index contributed by atoms with van der Waals surface area (Å²) < 4.78 is 0. The molecule has 156 valence electrons. The highest BCUT2D eigenvalue weighted by Gasteiger charge is 2.51. The third-order valence-corrected chi connectivity index (χ3v) is 7.25. The minimum atomic E-state index is -0.774. The molecule has 1 aliphatic heterocycles. The Labute approximate surface area is 175 Å². The number of carbonyl (C=O) groups excluding carboxylic acids is 3. The number of hydrogen-bond donors (Lipinski definition) is 1. The van der Waals surface area contributed by atoms with Gasteiger partial charge in [-0.2, -0.15) is 0 Å². The van der Waals surface area contributed by atoms with Gasteiger partial charge in [0.2, 0.25) is 17.7 Å². The van der Waals surface area contributed by atoms with E-state index in [4.69, 9.17) is 0 Å². The lowest BCUT2D eigenvalue weighted by Crippen LogP contribution is -2.48. The van der Waals surface area contributed by atoms with Gasteiger partial charge in [-0.1, -0.05) is 32.4 Å². The average Bonchev–Trinajstić information content (AvgIpc) is 3.09. The van der Waals surface area contributed by atoms with E-state index in [0.29, 0.717) is 24.4 Å². The van der Waals surface area contributed by atoms with Gasteiger partial charge in [0.15, 0.2) is 5.13 Å². The molecular formula is C22H29N3O3S. The van der Waals surface area contributed by atoms with Crippen molar-refractivity contribution in [2.24, 2.45) is 17.8 Å². The van der Waals surface area contributed by atoms with Crippen LogP contribution in [0.2, 0.25) is 0 Å². The molecule has 2 aliphatic carbocycles. The quantitative estimate of drug-likeness (QED) is 0.452. The summed E-state index contributed by atoms with van der Waals surface area (Å²) in [5.41, 5.74) is 1.09. The van der Waals surface area contributed by atoms with Crippen LogP contribution in [-0.2, 0) is 27.2 Å². The molecule has 1 fully saturated rings. The van der Waals surface area contributed by atoms with Gasteiger partial charge in [-0.05, 0) is 50.9 Å². The van der Waals surface area contributed by atoms with Gasteiger partial charge in [-0.15, -0.1) is 11.3 Å². The monoisotopic (exact) mass is 415 g/mol. The van der Waals surface area contributed by atoms with E-state index >= 15 is 0 Å². The molecule has 3 amide bonds. The fraction of sp³-hybridized carbons (Fsp3) is 0.636. The second-order valence-corrected chi connectivity index (χ2v) is 9.87. The van der Waals surface area contributed by atoms with Crippen LogP contribution in [0.4, 0.5) is 5.13 Å². The van der Waals surface area contributed by atoms with Gasteiger partial charge in [-0.3, -0.25) is 19.3 Å². The summed E-state index contributed by atoms with van der Waals surface area (Å²) in [6.45, 7) is 4.01. The van der Waals surface area contributed by atoms with E-state index in [-0.39, 0.29) is 35.5 Å². The summed E-state index contributed by atoms with van der Waals surface area (Å²) in [5, 5.41) is 3.52.